The van der Waals surface area contributed by atoms with Crippen LogP contribution in [0.15, 0.2) is 42.5 Å². The van der Waals surface area contributed by atoms with Crippen LogP contribution in [0.3, 0.4) is 0 Å². The first-order chi connectivity index (χ1) is 12.0. The molecule has 0 saturated heterocycles. The lowest BCUT2D eigenvalue weighted by Crippen LogP contribution is -2.05. The number of methoxy groups -OCH3 is 1. The average molecular weight is 357 g/mol. The van der Waals surface area contributed by atoms with Crippen LogP contribution in [0.4, 0.5) is 11.4 Å². The van der Waals surface area contributed by atoms with Crippen molar-refractivity contribution in [2.45, 2.75) is 26.9 Å². The molecule has 0 spiro atoms. The van der Waals surface area contributed by atoms with E-state index in [0.717, 1.165) is 33.7 Å². The van der Waals surface area contributed by atoms with Gasteiger partial charge in [-0.15, -0.1) is 0 Å². The molecule has 4 nitrogen and oxygen atoms in total. The second-order valence-electron chi connectivity index (χ2n) is 6.13. The molecule has 1 N–H and O–H groups in total. The predicted molar refractivity (Wildman–Crippen MR) is 104 cm³/mol. The van der Waals surface area contributed by atoms with Crippen molar-refractivity contribution in [3.05, 3.63) is 53.2 Å². The molecule has 0 aliphatic heterocycles. The van der Waals surface area contributed by atoms with Crippen molar-refractivity contribution in [1.29, 1.82) is 0 Å². The Morgan fingerprint density at radius 2 is 1.88 bits per heavy atom. The minimum atomic E-state index is 0.118. The Labute approximate surface area is 152 Å². The highest BCUT2D eigenvalue weighted by Crippen LogP contribution is 2.33. The fourth-order valence-electron chi connectivity index (χ4n) is 2.68. The van der Waals surface area contributed by atoms with Crippen LogP contribution in [0.1, 0.15) is 19.5 Å². The Morgan fingerprint density at radius 1 is 1.08 bits per heavy atom. The molecule has 2 aromatic carbocycles. The summed E-state index contributed by atoms with van der Waals surface area (Å²) in [6.45, 7) is 6.00. The Hall–Kier alpha value is -2.46. The highest BCUT2D eigenvalue weighted by Gasteiger charge is 2.09. The zero-order valence-corrected chi connectivity index (χ0v) is 15.5. The third kappa shape index (κ3) is 3.97. The van der Waals surface area contributed by atoms with Crippen molar-refractivity contribution in [1.82, 2.24) is 4.98 Å². The molecule has 1 aromatic heterocycles. The van der Waals surface area contributed by atoms with E-state index in [0.29, 0.717) is 10.8 Å². The summed E-state index contributed by atoms with van der Waals surface area (Å²) in [5, 5.41) is 5.01. The number of hydrogen-bond donors (Lipinski definition) is 1. The van der Waals surface area contributed by atoms with Gasteiger partial charge in [-0.25, -0.2) is 0 Å². The van der Waals surface area contributed by atoms with Crippen LogP contribution in [0.2, 0.25) is 5.02 Å². The van der Waals surface area contributed by atoms with E-state index in [4.69, 9.17) is 21.1 Å². The number of aromatic nitrogens is 1. The molecule has 3 aromatic rings. The van der Waals surface area contributed by atoms with E-state index < -0.39 is 0 Å². The highest BCUT2D eigenvalue weighted by molar-refractivity contribution is 6.32. The SMILES string of the molecule is COc1cc(Nc2cc(C)nc3ccc(OC(C)C)cc23)ccc1Cl. The standard InChI is InChI=1S/C20H21ClN2O2/c1-12(2)25-15-6-8-18-16(11-15)19(9-13(3)22-18)23-14-5-7-17(21)20(10-14)24-4/h5-12H,1-4H3,(H,22,23). The van der Waals surface area contributed by atoms with Crippen molar-refractivity contribution in [3.8, 4) is 11.5 Å². The number of benzene rings is 2. The van der Waals surface area contributed by atoms with Crippen LogP contribution in [0, 0.1) is 6.92 Å². The zero-order chi connectivity index (χ0) is 18.0. The molecule has 0 radical (unpaired) electrons. The molecule has 25 heavy (non-hydrogen) atoms. The summed E-state index contributed by atoms with van der Waals surface area (Å²) in [6.07, 6.45) is 0.118. The Morgan fingerprint density at radius 3 is 2.60 bits per heavy atom. The van der Waals surface area contributed by atoms with Gasteiger partial charge in [0, 0.05) is 28.5 Å². The van der Waals surface area contributed by atoms with Gasteiger partial charge in [0.2, 0.25) is 0 Å². The lowest BCUT2D eigenvalue weighted by atomic mass is 10.1. The molecule has 0 aliphatic rings. The van der Waals surface area contributed by atoms with Crippen LogP contribution in [0.25, 0.3) is 10.9 Å². The van der Waals surface area contributed by atoms with Crippen molar-refractivity contribution < 1.29 is 9.47 Å². The normalized spacial score (nSPS) is 11.0. The van der Waals surface area contributed by atoms with Gasteiger partial charge in [0.25, 0.3) is 0 Å². The van der Waals surface area contributed by atoms with Gasteiger partial charge in [-0.3, -0.25) is 4.98 Å². The number of hydrogen-bond acceptors (Lipinski definition) is 4. The molecule has 0 aliphatic carbocycles. The largest absolute Gasteiger partial charge is 0.495 e. The van der Waals surface area contributed by atoms with Crippen molar-refractivity contribution in [2.24, 2.45) is 0 Å². The number of halogens is 1. The number of nitrogens with one attached hydrogen (secondary N) is 1. The first-order valence-electron chi connectivity index (χ1n) is 8.15. The molecule has 1 heterocycles. The number of rotatable bonds is 5. The lowest BCUT2D eigenvalue weighted by Gasteiger charge is -2.14. The maximum absolute atomic E-state index is 6.11. The second kappa shape index (κ2) is 7.19. The Bertz CT molecular complexity index is 910. The zero-order valence-electron chi connectivity index (χ0n) is 14.8. The molecule has 0 fully saturated rings. The lowest BCUT2D eigenvalue weighted by molar-refractivity contribution is 0.243. The van der Waals surface area contributed by atoms with Gasteiger partial charge in [0.1, 0.15) is 11.5 Å². The van der Waals surface area contributed by atoms with E-state index in [1.165, 1.54) is 0 Å². The summed E-state index contributed by atoms with van der Waals surface area (Å²) < 4.78 is 11.1. The highest BCUT2D eigenvalue weighted by atomic mass is 35.5. The van der Waals surface area contributed by atoms with Gasteiger partial charge < -0.3 is 14.8 Å². The molecule has 3 rings (SSSR count). The monoisotopic (exact) mass is 356 g/mol. The van der Waals surface area contributed by atoms with E-state index in [-0.39, 0.29) is 6.10 Å². The van der Waals surface area contributed by atoms with E-state index in [2.05, 4.69) is 10.3 Å². The molecule has 0 bridgehead atoms. The van der Waals surface area contributed by atoms with Crippen molar-refractivity contribution in [3.63, 3.8) is 0 Å². The first kappa shape index (κ1) is 17.4. The summed E-state index contributed by atoms with van der Waals surface area (Å²) in [7, 11) is 1.60. The molecule has 0 unspecified atom stereocenters. The summed E-state index contributed by atoms with van der Waals surface area (Å²) in [5.74, 6) is 1.45. The number of fused-ring (bicyclic) bond motifs is 1. The number of nitrogens with zero attached hydrogens (tertiary/aromatic N) is 1. The van der Waals surface area contributed by atoms with E-state index >= 15 is 0 Å². The van der Waals surface area contributed by atoms with Gasteiger partial charge in [-0.1, -0.05) is 11.6 Å². The van der Waals surface area contributed by atoms with Gasteiger partial charge >= 0.3 is 0 Å². The molecule has 0 saturated carbocycles. The quantitative estimate of drug-likeness (QED) is 0.633. The Balaban J connectivity index is 2.04. The summed E-state index contributed by atoms with van der Waals surface area (Å²) in [6, 6.07) is 13.6. The molecular formula is C20H21ClN2O2. The smallest absolute Gasteiger partial charge is 0.139 e. The van der Waals surface area contributed by atoms with Gasteiger partial charge in [-0.05, 0) is 57.2 Å². The summed E-state index contributed by atoms with van der Waals surface area (Å²) >= 11 is 6.11. The molecular weight excluding hydrogens is 336 g/mol. The number of ether oxygens (including phenoxy) is 2. The molecule has 130 valence electrons. The van der Waals surface area contributed by atoms with Crippen LogP contribution < -0.4 is 14.8 Å². The summed E-state index contributed by atoms with van der Waals surface area (Å²) in [5.41, 5.74) is 3.71. The number of aryl methyl sites for hydroxylation is 1. The van der Waals surface area contributed by atoms with Gasteiger partial charge in [0.05, 0.1) is 23.8 Å². The minimum absolute atomic E-state index is 0.118. The van der Waals surface area contributed by atoms with Crippen LogP contribution in [0.5, 0.6) is 11.5 Å². The van der Waals surface area contributed by atoms with E-state index in [1.54, 1.807) is 7.11 Å². The first-order valence-corrected chi connectivity index (χ1v) is 8.52. The number of anilines is 2. The van der Waals surface area contributed by atoms with Crippen LogP contribution in [-0.2, 0) is 0 Å². The molecule has 5 heteroatoms. The number of pyridine rings is 1. The predicted octanol–water partition coefficient (Wildman–Crippen LogP) is 5.74. The Kier molecular flexibility index (Phi) is 5.00. The summed E-state index contributed by atoms with van der Waals surface area (Å²) in [4.78, 5) is 4.60. The van der Waals surface area contributed by atoms with E-state index in [9.17, 15) is 0 Å². The third-order valence-electron chi connectivity index (χ3n) is 3.71. The molecule has 0 atom stereocenters. The second-order valence-corrected chi connectivity index (χ2v) is 6.54. The minimum Gasteiger partial charge on any atom is -0.495 e. The van der Waals surface area contributed by atoms with Crippen molar-refractivity contribution >= 4 is 33.9 Å². The third-order valence-corrected chi connectivity index (χ3v) is 4.02. The maximum Gasteiger partial charge on any atom is 0.139 e. The maximum atomic E-state index is 6.11. The van der Waals surface area contributed by atoms with Crippen LogP contribution in [-0.4, -0.2) is 18.2 Å². The van der Waals surface area contributed by atoms with Gasteiger partial charge in [-0.2, -0.15) is 0 Å². The van der Waals surface area contributed by atoms with Crippen molar-refractivity contribution in [2.75, 3.05) is 12.4 Å². The fourth-order valence-corrected chi connectivity index (χ4v) is 2.87. The molecule has 0 amide bonds. The topological polar surface area (TPSA) is 43.4 Å². The van der Waals surface area contributed by atoms with E-state index in [1.807, 2.05) is 63.2 Å². The van der Waals surface area contributed by atoms with Gasteiger partial charge in [0.15, 0.2) is 0 Å². The fraction of sp³-hybridized carbons (Fsp3) is 0.250. The average Bonchev–Trinajstić information content (AvgIpc) is 2.56. The van der Waals surface area contributed by atoms with Crippen LogP contribution >= 0.6 is 11.6 Å².